The van der Waals surface area contributed by atoms with E-state index in [1.54, 1.807) is 31.6 Å². The second kappa shape index (κ2) is 6.56. The van der Waals surface area contributed by atoms with Gasteiger partial charge in [-0.25, -0.2) is 4.98 Å². The Balaban J connectivity index is 1.88. The molecule has 22 heavy (non-hydrogen) atoms. The van der Waals surface area contributed by atoms with Crippen LogP contribution in [0.2, 0.25) is 0 Å². The van der Waals surface area contributed by atoms with Crippen LogP contribution in [-0.4, -0.2) is 34.4 Å². The molecule has 1 aliphatic heterocycles. The van der Waals surface area contributed by atoms with Crippen LogP contribution in [0.1, 0.15) is 41.2 Å². The monoisotopic (exact) mass is 296 g/mol. The van der Waals surface area contributed by atoms with Crippen molar-refractivity contribution in [3.05, 3.63) is 54.0 Å². The maximum absolute atomic E-state index is 12.9. The minimum absolute atomic E-state index is 0.0625. The van der Waals surface area contributed by atoms with Gasteiger partial charge in [0.05, 0.1) is 6.04 Å². The first-order valence-corrected chi connectivity index (χ1v) is 7.64. The van der Waals surface area contributed by atoms with Crippen molar-refractivity contribution >= 4 is 11.7 Å². The highest BCUT2D eigenvalue weighted by atomic mass is 16.2. The van der Waals surface area contributed by atoms with Crippen molar-refractivity contribution in [1.82, 2.24) is 14.9 Å². The molecular formula is C17H20N4O. The number of rotatable bonds is 3. The maximum atomic E-state index is 12.9. The van der Waals surface area contributed by atoms with Gasteiger partial charge in [0.2, 0.25) is 0 Å². The first kappa shape index (κ1) is 14.5. The lowest BCUT2D eigenvalue weighted by atomic mass is 9.95. The summed E-state index contributed by atoms with van der Waals surface area (Å²) in [5.41, 5.74) is 1.79. The van der Waals surface area contributed by atoms with Gasteiger partial charge in [-0.05, 0) is 43.0 Å². The third-order valence-electron chi connectivity index (χ3n) is 4.10. The van der Waals surface area contributed by atoms with Crippen molar-refractivity contribution < 1.29 is 4.79 Å². The largest absolute Gasteiger partial charge is 0.373 e. The topological polar surface area (TPSA) is 58.1 Å². The van der Waals surface area contributed by atoms with Crippen molar-refractivity contribution in [3.63, 3.8) is 0 Å². The van der Waals surface area contributed by atoms with Crippen LogP contribution in [0, 0.1) is 0 Å². The highest BCUT2D eigenvalue weighted by Crippen LogP contribution is 2.31. The molecular weight excluding hydrogens is 276 g/mol. The number of aromatic nitrogens is 2. The van der Waals surface area contributed by atoms with Gasteiger partial charge in [0.25, 0.3) is 5.91 Å². The van der Waals surface area contributed by atoms with E-state index < -0.39 is 0 Å². The lowest BCUT2D eigenvalue weighted by Gasteiger charge is -2.36. The van der Waals surface area contributed by atoms with Gasteiger partial charge in [-0.2, -0.15) is 0 Å². The Morgan fingerprint density at radius 1 is 1.32 bits per heavy atom. The molecule has 3 rings (SSSR count). The molecule has 0 saturated carbocycles. The summed E-state index contributed by atoms with van der Waals surface area (Å²) < 4.78 is 0. The molecule has 2 aromatic heterocycles. The van der Waals surface area contributed by atoms with Gasteiger partial charge >= 0.3 is 0 Å². The molecule has 5 heteroatoms. The first-order chi connectivity index (χ1) is 10.8. The molecule has 5 nitrogen and oxygen atoms in total. The van der Waals surface area contributed by atoms with E-state index in [1.165, 1.54) is 0 Å². The predicted octanol–water partition coefficient (Wildman–Crippen LogP) is 2.89. The van der Waals surface area contributed by atoms with Gasteiger partial charge in [0.15, 0.2) is 0 Å². The number of nitrogens with zero attached hydrogens (tertiary/aromatic N) is 3. The quantitative estimate of drug-likeness (QED) is 0.946. The van der Waals surface area contributed by atoms with Gasteiger partial charge in [0.1, 0.15) is 5.82 Å². The summed E-state index contributed by atoms with van der Waals surface area (Å²) in [6.07, 6.45) is 8.47. The smallest absolute Gasteiger partial charge is 0.254 e. The third-order valence-corrected chi connectivity index (χ3v) is 4.10. The van der Waals surface area contributed by atoms with E-state index in [4.69, 9.17) is 0 Å². The lowest BCUT2D eigenvalue weighted by Crippen LogP contribution is -2.38. The van der Waals surface area contributed by atoms with Crippen molar-refractivity contribution in [3.8, 4) is 0 Å². The molecule has 1 aliphatic rings. The average Bonchev–Trinajstić information content (AvgIpc) is 2.62. The zero-order valence-corrected chi connectivity index (χ0v) is 12.7. The Hall–Kier alpha value is -2.43. The van der Waals surface area contributed by atoms with E-state index in [-0.39, 0.29) is 11.9 Å². The summed E-state index contributed by atoms with van der Waals surface area (Å²) in [5, 5.41) is 2.98. The predicted molar refractivity (Wildman–Crippen MR) is 85.6 cm³/mol. The van der Waals surface area contributed by atoms with E-state index in [0.29, 0.717) is 11.4 Å². The molecule has 0 aliphatic carbocycles. The third kappa shape index (κ3) is 2.93. The number of carbonyl (C=O) groups excluding carboxylic acids is 1. The molecule has 0 radical (unpaired) electrons. The Bertz CT molecular complexity index is 644. The van der Waals surface area contributed by atoms with Crippen molar-refractivity contribution in [2.45, 2.75) is 25.3 Å². The fourth-order valence-corrected chi connectivity index (χ4v) is 2.96. The Labute approximate surface area is 130 Å². The SMILES string of the molecule is CNc1cc(C(=O)N2CCCCC2c2cccnc2)ccn1. The average molecular weight is 296 g/mol. The molecule has 3 heterocycles. The zero-order valence-electron chi connectivity index (χ0n) is 12.7. The summed E-state index contributed by atoms with van der Waals surface area (Å²) in [4.78, 5) is 23.2. The van der Waals surface area contributed by atoms with Crippen LogP contribution in [0.15, 0.2) is 42.9 Å². The number of amides is 1. The molecule has 2 aromatic rings. The fraction of sp³-hybridized carbons (Fsp3) is 0.353. The number of likely N-dealkylation sites (tertiary alicyclic amines) is 1. The van der Waals surface area contributed by atoms with Crippen LogP contribution in [0.4, 0.5) is 5.82 Å². The number of anilines is 1. The maximum Gasteiger partial charge on any atom is 0.254 e. The van der Waals surface area contributed by atoms with Crippen LogP contribution in [0.25, 0.3) is 0 Å². The summed E-state index contributed by atoms with van der Waals surface area (Å²) >= 11 is 0. The molecule has 1 amide bonds. The molecule has 0 aromatic carbocycles. The van der Waals surface area contributed by atoms with Crippen LogP contribution in [0.3, 0.4) is 0 Å². The summed E-state index contributed by atoms with van der Waals surface area (Å²) in [7, 11) is 1.80. The van der Waals surface area contributed by atoms with E-state index in [1.807, 2.05) is 17.2 Å². The molecule has 1 atom stereocenters. The van der Waals surface area contributed by atoms with Gasteiger partial charge in [0, 0.05) is 37.7 Å². The normalized spacial score (nSPS) is 18.0. The first-order valence-electron chi connectivity index (χ1n) is 7.64. The van der Waals surface area contributed by atoms with Crippen LogP contribution in [-0.2, 0) is 0 Å². The lowest BCUT2D eigenvalue weighted by molar-refractivity contribution is 0.0611. The van der Waals surface area contributed by atoms with E-state index in [2.05, 4.69) is 21.4 Å². The second-order valence-electron chi connectivity index (χ2n) is 5.48. The highest BCUT2D eigenvalue weighted by Gasteiger charge is 2.28. The van der Waals surface area contributed by atoms with Crippen LogP contribution < -0.4 is 5.32 Å². The highest BCUT2D eigenvalue weighted by molar-refractivity contribution is 5.95. The fourth-order valence-electron chi connectivity index (χ4n) is 2.96. The molecule has 0 bridgehead atoms. The standard InChI is InChI=1S/C17H20N4O/c1-18-16-11-13(7-9-20-16)17(22)21-10-3-2-6-15(21)14-5-4-8-19-12-14/h4-5,7-9,11-12,15H,2-3,6,10H2,1H3,(H,18,20). The summed E-state index contributed by atoms with van der Waals surface area (Å²) in [6.45, 7) is 0.787. The van der Waals surface area contributed by atoms with Gasteiger partial charge < -0.3 is 10.2 Å². The van der Waals surface area contributed by atoms with Gasteiger partial charge in [-0.3, -0.25) is 9.78 Å². The zero-order chi connectivity index (χ0) is 15.4. The van der Waals surface area contributed by atoms with Crippen molar-refractivity contribution in [1.29, 1.82) is 0 Å². The van der Waals surface area contributed by atoms with Crippen molar-refractivity contribution in [2.75, 3.05) is 18.9 Å². The van der Waals surface area contributed by atoms with E-state index >= 15 is 0 Å². The van der Waals surface area contributed by atoms with E-state index in [9.17, 15) is 4.79 Å². The van der Waals surface area contributed by atoms with Crippen LogP contribution >= 0.6 is 0 Å². The summed E-state index contributed by atoms with van der Waals surface area (Å²) in [6, 6.07) is 7.67. The minimum atomic E-state index is 0.0625. The molecule has 114 valence electrons. The Morgan fingerprint density at radius 3 is 3.00 bits per heavy atom. The molecule has 1 fully saturated rings. The van der Waals surface area contributed by atoms with Crippen LogP contribution in [0.5, 0.6) is 0 Å². The minimum Gasteiger partial charge on any atom is -0.373 e. The molecule has 0 spiro atoms. The number of piperidine rings is 1. The number of carbonyl (C=O) groups is 1. The number of pyridine rings is 2. The summed E-state index contributed by atoms with van der Waals surface area (Å²) in [5.74, 6) is 0.772. The second-order valence-corrected chi connectivity index (χ2v) is 5.48. The van der Waals surface area contributed by atoms with Gasteiger partial charge in [-0.1, -0.05) is 6.07 Å². The molecule has 1 unspecified atom stereocenters. The Kier molecular flexibility index (Phi) is 4.32. The number of hydrogen-bond acceptors (Lipinski definition) is 4. The number of nitrogens with one attached hydrogen (secondary N) is 1. The molecule has 1 N–H and O–H groups in total. The molecule has 1 saturated heterocycles. The van der Waals surface area contributed by atoms with Gasteiger partial charge in [-0.15, -0.1) is 0 Å². The Morgan fingerprint density at radius 2 is 2.23 bits per heavy atom. The van der Waals surface area contributed by atoms with Crippen molar-refractivity contribution in [2.24, 2.45) is 0 Å². The van der Waals surface area contributed by atoms with E-state index in [0.717, 1.165) is 31.4 Å². The number of hydrogen-bond donors (Lipinski definition) is 1.